The Morgan fingerprint density at radius 3 is 2.58 bits per heavy atom. The summed E-state index contributed by atoms with van der Waals surface area (Å²) in [5.74, 6) is 0. The summed E-state index contributed by atoms with van der Waals surface area (Å²) in [6, 6.07) is 0. The monoisotopic (exact) mass is 188 g/mol. The Balaban J connectivity index is 2.74. The van der Waals surface area contributed by atoms with E-state index in [0.717, 1.165) is 18.1 Å². The molecule has 0 amide bonds. The van der Waals surface area contributed by atoms with Gasteiger partial charge in [-0.25, -0.2) is 0 Å². The van der Waals surface area contributed by atoms with E-state index in [9.17, 15) is 5.11 Å². The minimum Gasteiger partial charge on any atom is -0.391 e. The molecule has 0 aliphatic carbocycles. The van der Waals surface area contributed by atoms with Crippen molar-refractivity contribution in [2.24, 2.45) is 0 Å². The number of hydrogen-bond donors (Lipinski definition) is 2. The second-order valence-corrected chi connectivity index (χ2v) is 4.05. The Bertz CT molecular complexity index is 193. The zero-order valence-corrected chi connectivity index (χ0v) is 8.61. The minimum absolute atomic E-state index is 0.222. The summed E-state index contributed by atoms with van der Waals surface area (Å²) in [5.41, 5.74) is -0.222. The molecule has 0 saturated carbocycles. The summed E-state index contributed by atoms with van der Waals surface area (Å²) in [7, 11) is 1.81. The summed E-state index contributed by atoms with van der Waals surface area (Å²) >= 11 is 5.12. The number of aliphatic hydroxyl groups excluding tert-OH is 1. The molecular weight excluding hydrogens is 172 g/mol. The standard InChI is InChI=1S/C8H16N2OS/c1-8(2)6(11)4-5-10(8)7(12)9-3/h6,11H,4-5H2,1-3H3,(H,9,12). The molecule has 1 heterocycles. The van der Waals surface area contributed by atoms with Crippen LogP contribution in [0.1, 0.15) is 20.3 Å². The second kappa shape index (κ2) is 3.18. The summed E-state index contributed by atoms with van der Waals surface area (Å²) in [4.78, 5) is 2.03. The lowest BCUT2D eigenvalue weighted by Crippen LogP contribution is -2.50. The highest BCUT2D eigenvalue weighted by Crippen LogP contribution is 2.28. The lowest BCUT2D eigenvalue weighted by molar-refractivity contribution is 0.0855. The van der Waals surface area contributed by atoms with Crippen LogP contribution in [0.4, 0.5) is 0 Å². The summed E-state index contributed by atoms with van der Waals surface area (Å²) < 4.78 is 0. The van der Waals surface area contributed by atoms with Crippen LogP contribution < -0.4 is 5.32 Å². The smallest absolute Gasteiger partial charge is 0.169 e. The largest absolute Gasteiger partial charge is 0.391 e. The van der Waals surface area contributed by atoms with Gasteiger partial charge in [-0.05, 0) is 32.5 Å². The highest BCUT2D eigenvalue weighted by molar-refractivity contribution is 7.80. The zero-order chi connectivity index (χ0) is 9.35. The normalized spacial score (nSPS) is 27.3. The van der Waals surface area contributed by atoms with Gasteiger partial charge in [-0.15, -0.1) is 0 Å². The van der Waals surface area contributed by atoms with E-state index in [4.69, 9.17) is 12.2 Å². The van der Waals surface area contributed by atoms with Crippen molar-refractivity contribution < 1.29 is 5.11 Å². The van der Waals surface area contributed by atoms with E-state index in [1.807, 2.05) is 25.8 Å². The molecule has 1 rings (SSSR count). The zero-order valence-electron chi connectivity index (χ0n) is 7.79. The van der Waals surface area contributed by atoms with Crippen molar-refractivity contribution in [2.75, 3.05) is 13.6 Å². The molecule has 1 saturated heterocycles. The molecule has 0 aromatic heterocycles. The molecule has 0 aromatic carbocycles. The van der Waals surface area contributed by atoms with Gasteiger partial charge < -0.3 is 15.3 Å². The minimum atomic E-state index is -0.274. The van der Waals surface area contributed by atoms with Crippen LogP contribution in [0, 0.1) is 0 Å². The van der Waals surface area contributed by atoms with Crippen LogP contribution >= 0.6 is 12.2 Å². The molecule has 0 radical (unpaired) electrons. The van der Waals surface area contributed by atoms with Gasteiger partial charge in [-0.1, -0.05) is 0 Å². The lowest BCUT2D eigenvalue weighted by Gasteiger charge is -2.35. The summed E-state index contributed by atoms with van der Waals surface area (Å²) in [5, 5.41) is 13.3. The van der Waals surface area contributed by atoms with Crippen molar-refractivity contribution >= 4 is 17.3 Å². The third-order valence-corrected chi connectivity index (χ3v) is 3.02. The molecule has 1 aliphatic rings. The van der Waals surface area contributed by atoms with E-state index >= 15 is 0 Å². The van der Waals surface area contributed by atoms with Gasteiger partial charge in [0.05, 0.1) is 11.6 Å². The SMILES string of the molecule is CNC(=S)N1CCC(O)C1(C)C. The van der Waals surface area contributed by atoms with Crippen LogP contribution in [0.5, 0.6) is 0 Å². The predicted molar refractivity (Wildman–Crippen MR) is 53.1 cm³/mol. The van der Waals surface area contributed by atoms with Gasteiger partial charge in [-0.2, -0.15) is 0 Å². The van der Waals surface area contributed by atoms with E-state index in [1.54, 1.807) is 0 Å². The number of rotatable bonds is 0. The van der Waals surface area contributed by atoms with Crippen LogP contribution in [0.2, 0.25) is 0 Å². The van der Waals surface area contributed by atoms with Gasteiger partial charge in [0.25, 0.3) is 0 Å². The third-order valence-electron chi connectivity index (χ3n) is 2.60. The third kappa shape index (κ3) is 1.41. The fraction of sp³-hybridized carbons (Fsp3) is 0.875. The fourth-order valence-electron chi connectivity index (χ4n) is 1.57. The van der Waals surface area contributed by atoms with Crippen molar-refractivity contribution in [3.63, 3.8) is 0 Å². The average Bonchev–Trinajstić information content (AvgIpc) is 2.27. The molecule has 0 bridgehead atoms. The van der Waals surface area contributed by atoms with Gasteiger partial charge >= 0.3 is 0 Å². The van der Waals surface area contributed by atoms with Gasteiger partial charge in [0.2, 0.25) is 0 Å². The number of hydrogen-bond acceptors (Lipinski definition) is 2. The van der Waals surface area contributed by atoms with Crippen molar-refractivity contribution in [1.82, 2.24) is 10.2 Å². The van der Waals surface area contributed by atoms with Gasteiger partial charge in [0.1, 0.15) is 0 Å². The number of thiocarbonyl (C=S) groups is 1. The molecule has 70 valence electrons. The Morgan fingerprint density at radius 1 is 1.67 bits per heavy atom. The van der Waals surface area contributed by atoms with Gasteiger partial charge in [0.15, 0.2) is 5.11 Å². The Kier molecular flexibility index (Phi) is 2.58. The first-order valence-corrected chi connectivity index (χ1v) is 4.58. The van der Waals surface area contributed by atoms with E-state index < -0.39 is 0 Å². The van der Waals surface area contributed by atoms with Gasteiger partial charge in [0, 0.05) is 13.6 Å². The molecule has 0 aromatic rings. The quantitative estimate of drug-likeness (QED) is 0.537. The fourth-order valence-corrected chi connectivity index (χ4v) is 1.90. The van der Waals surface area contributed by atoms with Crippen molar-refractivity contribution in [2.45, 2.75) is 31.9 Å². The highest BCUT2D eigenvalue weighted by atomic mass is 32.1. The molecule has 1 fully saturated rings. The number of likely N-dealkylation sites (tertiary alicyclic amines) is 1. The first-order chi connectivity index (χ1) is 5.50. The summed E-state index contributed by atoms with van der Waals surface area (Å²) in [6.07, 6.45) is 0.526. The Hall–Kier alpha value is -0.350. The summed E-state index contributed by atoms with van der Waals surface area (Å²) in [6.45, 7) is 4.86. The maximum atomic E-state index is 9.64. The molecule has 0 spiro atoms. The van der Waals surface area contributed by atoms with E-state index in [0.29, 0.717) is 0 Å². The molecule has 3 nitrogen and oxygen atoms in total. The van der Waals surface area contributed by atoms with E-state index in [1.165, 1.54) is 0 Å². The first kappa shape index (κ1) is 9.74. The molecular formula is C8H16N2OS. The van der Waals surface area contributed by atoms with Crippen LogP contribution in [0.15, 0.2) is 0 Å². The molecule has 12 heavy (non-hydrogen) atoms. The first-order valence-electron chi connectivity index (χ1n) is 4.17. The van der Waals surface area contributed by atoms with Crippen LogP contribution in [0.3, 0.4) is 0 Å². The molecule has 4 heteroatoms. The molecule has 1 aliphatic heterocycles. The van der Waals surface area contributed by atoms with Crippen molar-refractivity contribution in [3.8, 4) is 0 Å². The average molecular weight is 188 g/mol. The number of aliphatic hydroxyl groups is 1. The Morgan fingerprint density at radius 2 is 2.25 bits per heavy atom. The Labute approximate surface area is 78.8 Å². The van der Waals surface area contributed by atoms with Crippen molar-refractivity contribution in [3.05, 3.63) is 0 Å². The predicted octanol–water partition coefficient (Wildman–Crippen LogP) is 0.336. The van der Waals surface area contributed by atoms with Crippen molar-refractivity contribution in [1.29, 1.82) is 0 Å². The highest BCUT2D eigenvalue weighted by Gasteiger charge is 2.41. The number of nitrogens with one attached hydrogen (secondary N) is 1. The van der Waals surface area contributed by atoms with Crippen LogP contribution in [-0.4, -0.2) is 40.4 Å². The lowest BCUT2D eigenvalue weighted by atomic mass is 9.99. The second-order valence-electron chi connectivity index (χ2n) is 3.66. The van der Waals surface area contributed by atoms with E-state index in [2.05, 4.69) is 5.32 Å². The topological polar surface area (TPSA) is 35.5 Å². The molecule has 2 N–H and O–H groups in total. The molecule has 1 atom stereocenters. The van der Waals surface area contributed by atoms with Crippen LogP contribution in [-0.2, 0) is 0 Å². The molecule has 1 unspecified atom stereocenters. The van der Waals surface area contributed by atoms with E-state index in [-0.39, 0.29) is 11.6 Å². The maximum Gasteiger partial charge on any atom is 0.169 e. The number of nitrogens with zero attached hydrogens (tertiary/aromatic N) is 1. The maximum absolute atomic E-state index is 9.64. The van der Waals surface area contributed by atoms with Crippen LogP contribution in [0.25, 0.3) is 0 Å². The van der Waals surface area contributed by atoms with Gasteiger partial charge in [-0.3, -0.25) is 0 Å².